The molecule has 1 saturated carbocycles. The number of benzene rings is 1. The zero-order valence-electron chi connectivity index (χ0n) is 15.3. The molecule has 1 aliphatic rings. The van der Waals surface area contributed by atoms with E-state index in [2.05, 4.69) is 19.2 Å². The van der Waals surface area contributed by atoms with Crippen LogP contribution in [0, 0.1) is 11.3 Å². The van der Waals surface area contributed by atoms with Gasteiger partial charge in [-0.05, 0) is 30.4 Å². The van der Waals surface area contributed by atoms with Crippen molar-refractivity contribution in [2.24, 2.45) is 18.4 Å². The van der Waals surface area contributed by atoms with Crippen molar-refractivity contribution in [3.63, 3.8) is 0 Å². The molecule has 1 N–H and O–H groups in total. The standard InChI is InChI=1S/C20H27N3O2/c1-20(2)12-8-7-11-17(20)19(25)21-14-16-13-18(24)23(22(16)3)15-9-5-4-6-10-15/h4-6,9-10,13,17H,7-8,11-12,14H2,1-3H3,(H,21,25). The summed E-state index contributed by atoms with van der Waals surface area (Å²) in [6, 6.07) is 11.1. The Kier molecular flexibility index (Phi) is 4.84. The summed E-state index contributed by atoms with van der Waals surface area (Å²) in [5.74, 6) is 0.152. The number of carbonyl (C=O) groups is 1. The molecule has 0 saturated heterocycles. The van der Waals surface area contributed by atoms with E-state index in [4.69, 9.17) is 0 Å². The summed E-state index contributed by atoms with van der Waals surface area (Å²) in [4.78, 5) is 25.0. The lowest BCUT2D eigenvalue weighted by atomic mass is 9.68. The normalized spacial score (nSPS) is 19.6. The molecule has 1 aromatic heterocycles. The minimum Gasteiger partial charge on any atom is -0.350 e. The predicted octanol–water partition coefficient (Wildman–Crippen LogP) is 3.01. The molecule has 0 spiro atoms. The Bertz CT molecular complexity index is 802. The van der Waals surface area contributed by atoms with Gasteiger partial charge >= 0.3 is 0 Å². The third-order valence-electron chi connectivity index (χ3n) is 5.48. The van der Waals surface area contributed by atoms with E-state index in [1.54, 1.807) is 10.7 Å². The smallest absolute Gasteiger partial charge is 0.271 e. The number of rotatable bonds is 4. The maximum atomic E-state index is 12.7. The van der Waals surface area contributed by atoms with Crippen molar-refractivity contribution < 1.29 is 4.79 Å². The van der Waals surface area contributed by atoms with E-state index in [9.17, 15) is 9.59 Å². The van der Waals surface area contributed by atoms with Crippen LogP contribution in [-0.2, 0) is 18.4 Å². The van der Waals surface area contributed by atoms with Crippen molar-refractivity contribution in [2.45, 2.75) is 46.1 Å². The maximum Gasteiger partial charge on any atom is 0.271 e. The van der Waals surface area contributed by atoms with Crippen LogP contribution >= 0.6 is 0 Å². The van der Waals surface area contributed by atoms with E-state index in [1.165, 1.54) is 6.42 Å². The highest BCUT2D eigenvalue weighted by Gasteiger charge is 2.36. The minimum absolute atomic E-state index is 0.0458. The molecule has 0 radical (unpaired) electrons. The SMILES string of the molecule is Cn1c(CNC(=O)C2CCCCC2(C)C)cc(=O)n1-c1ccccc1. The summed E-state index contributed by atoms with van der Waals surface area (Å²) in [6.45, 7) is 4.73. The lowest BCUT2D eigenvalue weighted by molar-refractivity contribution is -0.130. The fourth-order valence-corrected chi connectivity index (χ4v) is 3.89. The van der Waals surface area contributed by atoms with Crippen molar-refractivity contribution in [3.8, 4) is 5.69 Å². The number of nitrogens with one attached hydrogen (secondary N) is 1. The second kappa shape index (κ2) is 6.90. The van der Waals surface area contributed by atoms with Gasteiger partial charge in [-0.15, -0.1) is 0 Å². The number of amides is 1. The zero-order valence-corrected chi connectivity index (χ0v) is 15.3. The van der Waals surface area contributed by atoms with Crippen LogP contribution in [0.25, 0.3) is 5.69 Å². The second-order valence-corrected chi connectivity index (χ2v) is 7.65. The molecule has 1 unspecified atom stereocenters. The Morgan fingerprint density at radius 2 is 1.96 bits per heavy atom. The third-order valence-corrected chi connectivity index (χ3v) is 5.48. The molecule has 1 amide bonds. The first-order valence-electron chi connectivity index (χ1n) is 9.01. The molecule has 1 aromatic carbocycles. The minimum atomic E-state index is -0.0871. The van der Waals surface area contributed by atoms with Crippen molar-refractivity contribution in [2.75, 3.05) is 0 Å². The van der Waals surface area contributed by atoms with Gasteiger partial charge in [0.25, 0.3) is 5.56 Å². The van der Waals surface area contributed by atoms with E-state index in [-0.39, 0.29) is 22.8 Å². The van der Waals surface area contributed by atoms with Crippen LogP contribution < -0.4 is 10.9 Å². The van der Waals surface area contributed by atoms with Gasteiger partial charge in [-0.2, -0.15) is 0 Å². The fraction of sp³-hybridized carbons (Fsp3) is 0.500. The largest absolute Gasteiger partial charge is 0.350 e. The summed E-state index contributed by atoms with van der Waals surface area (Å²) >= 11 is 0. The Hall–Kier alpha value is -2.30. The molecular formula is C20H27N3O2. The zero-order chi connectivity index (χ0) is 18.0. The molecule has 1 atom stereocenters. The highest BCUT2D eigenvalue weighted by molar-refractivity contribution is 5.79. The predicted molar refractivity (Wildman–Crippen MR) is 98.6 cm³/mol. The van der Waals surface area contributed by atoms with Crippen LogP contribution in [0.15, 0.2) is 41.2 Å². The number of aromatic nitrogens is 2. The van der Waals surface area contributed by atoms with Gasteiger partial charge in [0.2, 0.25) is 5.91 Å². The Labute approximate surface area is 148 Å². The highest BCUT2D eigenvalue weighted by atomic mass is 16.2. The molecule has 0 aliphatic heterocycles. The molecule has 3 rings (SSSR count). The van der Waals surface area contributed by atoms with Gasteiger partial charge in [-0.3, -0.25) is 14.3 Å². The van der Waals surface area contributed by atoms with Crippen molar-refractivity contribution in [3.05, 3.63) is 52.4 Å². The summed E-state index contributed by atoms with van der Waals surface area (Å²) < 4.78 is 3.43. The summed E-state index contributed by atoms with van der Waals surface area (Å²) in [5.41, 5.74) is 1.58. The van der Waals surface area contributed by atoms with Crippen LogP contribution in [0.5, 0.6) is 0 Å². The fourth-order valence-electron chi connectivity index (χ4n) is 3.89. The average Bonchev–Trinajstić information content (AvgIpc) is 2.87. The van der Waals surface area contributed by atoms with Gasteiger partial charge in [0.15, 0.2) is 0 Å². The van der Waals surface area contributed by atoms with Crippen LogP contribution in [0.3, 0.4) is 0 Å². The molecule has 0 bridgehead atoms. The third kappa shape index (κ3) is 3.55. The Balaban J connectivity index is 1.74. The van der Waals surface area contributed by atoms with Gasteiger partial charge < -0.3 is 5.32 Å². The van der Waals surface area contributed by atoms with E-state index >= 15 is 0 Å². The number of para-hydroxylation sites is 1. The summed E-state index contributed by atoms with van der Waals surface area (Å²) in [6.07, 6.45) is 4.35. The molecule has 5 heteroatoms. The van der Waals surface area contributed by atoms with Gasteiger partial charge in [0.1, 0.15) is 0 Å². The van der Waals surface area contributed by atoms with Crippen LogP contribution in [-0.4, -0.2) is 15.3 Å². The molecule has 25 heavy (non-hydrogen) atoms. The summed E-state index contributed by atoms with van der Waals surface area (Å²) in [7, 11) is 1.85. The van der Waals surface area contributed by atoms with E-state index < -0.39 is 0 Å². The van der Waals surface area contributed by atoms with Crippen LogP contribution in [0.1, 0.15) is 45.2 Å². The topological polar surface area (TPSA) is 56.0 Å². The van der Waals surface area contributed by atoms with Gasteiger partial charge in [-0.25, -0.2) is 4.68 Å². The van der Waals surface area contributed by atoms with Crippen molar-refractivity contribution in [1.82, 2.24) is 14.7 Å². The average molecular weight is 341 g/mol. The number of nitrogens with zero attached hydrogens (tertiary/aromatic N) is 2. The molecular weight excluding hydrogens is 314 g/mol. The lowest BCUT2D eigenvalue weighted by Gasteiger charge is -2.37. The van der Waals surface area contributed by atoms with Crippen LogP contribution in [0.2, 0.25) is 0 Å². The van der Waals surface area contributed by atoms with E-state index in [0.717, 1.165) is 30.6 Å². The van der Waals surface area contributed by atoms with Crippen molar-refractivity contribution in [1.29, 1.82) is 0 Å². The van der Waals surface area contributed by atoms with Gasteiger partial charge in [-0.1, -0.05) is 44.9 Å². The summed E-state index contributed by atoms with van der Waals surface area (Å²) in [5, 5.41) is 3.05. The second-order valence-electron chi connectivity index (χ2n) is 7.65. The molecule has 1 heterocycles. The monoisotopic (exact) mass is 341 g/mol. The van der Waals surface area contributed by atoms with Gasteiger partial charge in [0, 0.05) is 19.0 Å². The van der Waals surface area contributed by atoms with E-state index in [1.807, 2.05) is 42.1 Å². The number of hydrogen-bond donors (Lipinski definition) is 1. The molecule has 2 aromatic rings. The first-order valence-corrected chi connectivity index (χ1v) is 9.01. The van der Waals surface area contributed by atoms with Gasteiger partial charge in [0.05, 0.1) is 17.9 Å². The highest BCUT2D eigenvalue weighted by Crippen LogP contribution is 2.40. The molecule has 1 aliphatic carbocycles. The molecule has 5 nitrogen and oxygen atoms in total. The van der Waals surface area contributed by atoms with Crippen LogP contribution in [0.4, 0.5) is 0 Å². The van der Waals surface area contributed by atoms with E-state index in [0.29, 0.717) is 6.54 Å². The Morgan fingerprint density at radius 3 is 2.64 bits per heavy atom. The number of carbonyl (C=O) groups excluding carboxylic acids is 1. The molecule has 1 fully saturated rings. The lowest BCUT2D eigenvalue weighted by Crippen LogP contribution is -2.41. The van der Waals surface area contributed by atoms with Crippen molar-refractivity contribution >= 4 is 5.91 Å². The first kappa shape index (κ1) is 17.5. The quantitative estimate of drug-likeness (QED) is 0.929. The number of hydrogen-bond acceptors (Lipinski definition) is 2. The molecule has 134 valence electrons. The maximum absolute atomic E-state index is 12.7. The Morgan fingerprint density at radius 1 is 1.24 bits per heavy atom. The first-order chi connectivity index (χ1) is 11.9.